The first kappa shape index (κ1) is 20.4. The second-order valence-corrected chi connectivity index (χ2v) is 8.29. The summed E-state index contributed by atoms with van der Waals surface area (Å²) < 4.78 is 2.26. The topological polar surface area (TPSA) is 46.0 Å². The number of anilines is 1. The molecule has 6 heteroatoms. The Morgan fingerprint density at radius 2 is 1.69 bits per heavy atom. The largest absolute Gasteiger partial charge is 0.351 e. The van der Waals surface area contributed by atoms with Crippen molar-refractivity contribution in [2.45, 2.75) is 32.0 Å². The summed E-state index contributed by atoms with van der Waals surface area (Å²) in [6.07, 6.45) is 6.79. The van der Waals surface area contributed by atoms with Crippen molar-refractivity contribution in [2.75, 3.05) is 4.90 Å². The lowest BCUT2D eigenvalue weighted by Crippen LogP contribution is -2.30. The van der Waals surface area contributed by atoms with Gasteiger partial charge >= 0.3 is 0 Å². The first-order chi connectivity index (χ1) is 15.7. The van der Waals surface area contributed by atoms with E-state index in [4.69, 9.17) is 12.2 Å². The van der Waals surface area contributed by atoms with Crippen molar-refractivity contribution >= 4 is 23.0 Å². The van der Waals surface area contributed by atoms with Crippen LogP contribution in [0, 0.1) is 0 Å². The minimum Gasteiger partial charge on any atom is -0.351 e. The minimum absolute atomic E-state index is 0.0383. The number of hydrogen-bond donors (Lipinski definition) is 1. The summed E-state index contributed by atoms with van der Waals surface area (Å²) in [5.74, 6) is 0. The molecule has 4 heterocycles. The Balaban J connectivity index is 1.59. The molecular formula is C26H25N5S. The monoisotopic (exact) mass is 439 g/mol. The molecule has 1 N–H and O–H groups in total. The van der Waals surface area contributed by atoms with Crippen molar-refractivity contribution in [3.8, 4) is 0 Å². The van der Waals surface area contributed by atoms with Crippen LogP contribution < -0.4 is 10.2 Å². The lowest BCUT2D eigenvalue weighted by Gasteiger charge is -2.29. The van der Waals surface area contributed by atoms with Gasteiger partial charge in [-0.25, -0.2) is 0 Å². The van der Waals surface area contributed by atoms with Crippen LogP contribution in [0.25, 0.3) is 0 Å². The molecule has 0 spiro atoms. The van der Waals surface area contributed by atoms with Gasteiger partial charge in [0.25, 0.3) is 0 Å². The van der Waals surface area contributed by atoms with Gasteiger partial charge in [-0.05, 0) is 72.7 Å². The summed E-state index contributed by atoms with van der Waals surface area (Å²) in [4.78, 5) is 11.4. The van der Waals surface area contributed by atoms with Gasteiger partial charge in [-0.3, -0.25) is 9.97 Å². The number of rotatable bonds is 6. The Morgan fingerprint density at radius 1 is 0.906 bits per heavy atom. The molecule has 5 nitrogen and oxygen atoms in total. The predicted octanol–water partition coefficient (Wildman–Crippen LogP) is 5.07. The zero-order valence-corrected chi connectivity index (χ0v) is 18.7. The van der Waals surface area contributed by atoms with Crippen LogP contribution in [-0.2, 0) is 13.0 Å². The highest BCUT2D eigenvalue weighted by molar-refractivity contribution is 7.80. The number of aromatic nitrogens is 3. The average molecular weight is 440 g/mol. The van der Waals surface area contributed by atoms with Crippen molar-refractivity contribution in [1.82, 2.24) is 19.9 Å². The minimum atomic E-state index is -0.0630. The summed E-state index contributed by atoms with van der Waals surface area (Å²) in [5, 5.41) is 4.25. The number of benzene rings is 1. The molecule has 5 rings (SSSR count). The van der Waals surface area contributed by atoms with E-state index in [-0.39, 0.29) is 12.1 Å². The molecule has 32 heavy (non-hydrogen) atoms. The number of hydrogen-bond acceptors (Lipinski definition) is 3. The smallest absolute Gasteiger partial charge is 0.174 e. The zero-order valence-electron chi connectivity index (χ0n) is 17.9. The summed E-state index contributed by atoms with van der Waals surface area (Å²) in [6.45, 7) is 2.87. The summed E-state index contributed by atoms with van der Waals surface area (Å²) in [5.41, 5.74) is 5.54. The predicted molar refractivity (Wildman–Crippen MR) is 132 cm³/mol. The quantitative estimate of drug-likeness (QED) is 0.425. The van der Waals surface area contributed by atoms with Gasteiger partial charge in [0.15, 0.2) is 5.11 Å². The van der Waals surface area contributed by atoms with Crippen molar-refractivity contribution in [3.63, 3.8) is 0 Å². The standard InChI is InChI=1S/C26H25N5S/c1-2-19-11-13-21(14-12-19)31-25(24(29-26(31)32)22-9-4-6-16-28-22)23-10-7-17-30(23)18-20-8-3-5-15-27-20/h3-17,24-25H,2,18H2,1H3,(H,29,32)/t24-,25-/m1/s1. The maximum Gasteiger partial charge on any atom is 0.174 e. The van der Waals surface area contributed by atoms with Gasteiger partial charge in [0.05, 0.1) is 24.0 Å². The number of nitrogens with zero attached hydrogens (tertiary/aromatic N) is 4. The van der Waals surface area contributed by atoms with E-state index in [9.17, 15) is 0 Å². The molecule has 0 radical (unpaired) electrons. The molecule has 1 aromatic carbocycles. The van der Waals surface area contributed by atoms with Gasteiger partial charge in [-0.15, -0.1) is 0 Å². The maximum atomic E-state index is 5.85. The van der Waals surface area contributed by atoms with Gasteiger partial charge in [-0.2, -0.15) is 0 Å². The Bertz CT molecular complexity index is 1190. The molecule has 1 saturated heterocycles. The van der Waals surface area contributed by atoms with Crippen LogP contribution in [0.1, 0.15) is 41.7 Å². The van der Waals surface area contributed by atoms with Crippen LogP contribution in [0.2, 0.25) is 0 Å². The maximum absolute atomic E-state index is 5.85. The van der Waals surface area contributed by atoms with Crippen molar-refractivity contribution in [1.29, 1.82) is 0 Å². The Hall–Kier alpha value is -3.51. The van der Waals surface area contributed by atoms with Crippen molar-refractivity contribution in [3.05, 3.63) is 114 Å². The van der Waals surface area contributed by atoms with Gasteiger partial charge in [-0.1, -0.05) is 31.2 Å². The molecule has 1 aliphatic heterocycles. The molecule has 0 unspecified atom stereocenters. The van der Waals surface area contributed by atoms with E-state index in [0.717, 1.165) is 23.5 Å². The molecule has 1 fully saturated rings. The van der Waals surface area contributed by atoms with E-state index < -0.39 is 0 Å². The van der Waals surface area contributed by atoms with Gasteiger partial charge in [0, 0.05) is 30.0 Å². The van der Waals surface area contributed by atoms with E-state index in [1.165, 1.54) is 11.3 Å². The van der Waals surface area contributed by atoms with Gasteiger partial charge < -0.3 is 14.8 Å². The van der Waals surface area contributed by atoms with E-state index in [1.54, 1.807) is 0 Å². The third-order valence-electron chi connectivity index (χ3n) is 5.95. The first-order valence-electron chi connectivity index (χ1n) is 10.9. The fourth-order valence-corrected chi connectivity index (χ4v) is 4.68. The van der Waals surface area contributed by atoms with Gasteiger partial charge in [0.2, 0.25) is 0 Å². The normalized spacial score (nSPS) is 18.0. The van der Waals surface area contributed by atoms with Crippen LogP contribution in [0.15, 0.2) is 91.4 Å². The SMILES string of the molecule is CCc1ccc(N2C(=S)N[C@H](c3ccccn3)[C@H]2c2cccn2Cc2ccccn2)cc1. The van der Waals surface area contributed by atoms with Crippen LogP contribution >= 0.6 is 12.2 Å². The molecule has 4 aromatic rings. The number of thiocarbonyl (C=S) groups is 1. The molecule has 0 bridgehead atoms. The third kappa shape index (κ3) is 3.89. The molecule has 160 valence electrons. The highest BCUT2D eigenvalue weighted by Crippen LogP contribution is 2.41. The van der Waals surface area contributed by atoms with Crippen LogP contribution in [0.4, 0.5) is 5.69 Å². The Kier molecular flexibility index (Phi) is 5.69. The average Bonchev–Trinajstić information content (AvgIpc) is 3.44. The molecule has 1 aliphatic rings. The summed E-state index contributed by atoms with van der Waals surface area (Å²) in [7, 11) is 0. The lowest BCUT2D eigenvalue weighted by molar-refractivity contribution is 0.532. The summed E-state index contributed by atoms with van der Waals surface area (Å²) in [6, 6.07) is 24.9. The highest BCUT2D eigenvalue weighted by Gasteiger charge is 2.42. The van der Waals surface area contributed by atoms with Crippen molar-refractivity contribution < 1.29 is 0 Å². The van der Waals surface area contributed by atoms with Gasteiger partial charge in [0.1, 0.15) is 6.04 Å². The Morgan fingerprint density at radius 3 is 2.38 bits per heavy atom. The number of aryl methyl sites for hydroxylation is 1. The molecule has 2 atom stereocenters. The molecule has 3 aromatic heterocycles. The fourth-order valence-electron chi connectivity index (χ4n) is 4.33. The number of pyridine rings is 2. The Labute approximate surface area is 193 Å². The molecule has 0 amide bonds. The van der Waals surface area contributed by atoms with Crippen molar-refractivity contribution in [2.24, 2.45) is 0 Å². The van der Waals surface area contributed by atoms with Crippen LogP contribution in [0.3, 0.4) is 0 Å². The van der Waals surface area contributed by atoms with E-state index in [0.29, 0.717) is 11.7 Å². The lowest BCUT2D eigenvalue weighted by atomic mass is 10.0. The molecule has 0 saturated carbocycles. The fraction of sp³-hybridized carbons (Fsp3) is 0.192. The summed E-state index contributed by atoms with van der Waals surface area (Å²) >= 11 is 5.85. The first-order valence-corrected chi connectivity index (χ1v) is 11.3. The van der Waals surface area contributed by atoms with E-state index in [1.807, 2.05) is 36.7 Å². The second kappa shape index (κ2) is 8.93. The zero-order chi connectivity index (χ0) is 21.9. The third-order valence-corrected chi connectivity index (χ3v) is 6.26. The van der Waals surface area contributed by atoms with E-state index in [2.05, 4.69) is 86.4 Å². The molecular weight excluding hydrogens is 414 g/mol. The second-order valence-electron chi connectivity index (χ2n) is 7.90. The van der Waals surface area contributed by atoms with E-state index >= 15 is 0 Å². The number of nitrogens with one attached hydrogen (secondary N) is 1. The molecule has 0 aliphatic carbocycles. The van der Waals surface area contributed by atoms with Crippen LogP contribution in [-0.4, -0.2) is 19.6 Å². The van der Waals surface area contributed by atoms with Crippen LogP contribution in [0.5, 0.6) is 0 Å². The highest BCUT2D eigenvalue weighted by atomic mass is 32.1.